The van der Waals surface area contributed by atoms with Crippen molar-refractivity contribution in [3.8, 4) is 5.75 Å². The molecule has 24 heavy (non-hydrogen) atoms. The first-order chi connectivity index (χ1) is 11.7. The number of nitrogens with zero attached hydrogens (tertiary/aromatic N) is 1. The number of nitrogens with one attached hydrogen (secondary N) is 1. The van der Waals surface area contributed by atoms with E-state index in [0.29, 0.717) is 24.8 Å². The molecular formula is C19H27N2O3+. The summed E-state index contributed by atoms with van der Waals surface area (Å²) in [4.78, 5) is 28.1. The standard InChI is InChI=1S/C19H26N2O3/c1-3-14-7-5-6-12-20(14)17-13-18(22)21(19(17)23)15-8-10-16(11-9-15)24-4-2/h8-11,14,17H,3-7,12-13H2,1-2H3/p+1/t14-,17+/m0/s1. The van der Waals surface area contributed by atoms with Crippen LogP contribution in [0.4, 0.5) is 5.69 Å². The Hall–Kier alpha value is -1.88. The second-order valence-corrected chi connectivity index (χ2v) is 6.68. The number of ether oxygens (including phenoxy) is 1. The second kappa shape index (κ2) is 7.34. The van der Waals surface area contributed by atoms with Crippen LogP contribution in [0.15, 0.2) is 24.3 Å². The van der Waals surface area contributed by atoms with Crippen LogP contribution in [0.1, 0.15) is 46.0 Å². The maximum atomic E-state index is 12.9. The monoisotopic (exact) mass is 331 g/mol. The van der Waals surface area contributed by atoms with Gasteiger partial charge in [-0.15, -0.1) is 0 Å². The van der Waals surface area contributed by atoms with Crippen LogP contribution in [0.5, 0.6) is 5.75 Å². The van der Waals surface area contributed by atoms with Gasteiger partial charge < -0.3 is 9.64 Å². The summed E-state index contributed by atoms with van der Waals surface area (Å²) in [6.45, 7) is 5.71. The topological polar surface area (TPSA) is 51.0 Å². The fourth-order valence-corrected chi connectivity index (χ4v) is 4.09. The molecule has 2 heterocycles. The van der Waals surface area contributed by atoms with Gasteiger partial charge in [-0.05, 0) is 56.9 Å². The SMILES string of the molecule is CCOc1ccc(N2C(=O)C[C@@H]([NH+]3CCCC[C@@H]3CC)C2=O)cc1. The summed E-state index contributed by atoms with van der Waals surface area (Å²) in [6, 6.07) is 7.51. The molecule has 2 fully saturated rings. The zero-order valence-electron chi connectivity index (χ0n) is 14.6. The summed E-state index contributed by atoms with van der Waals surface area (Å²) in [6.07, 6.45) is 4.94. The summed E-state index contributed by atoms with van der Waals surface area (Å²) in [5.41, 5.74) is 0.653. The third-order valence-electron chi connectivity index (χ3n) is 5.29. The summed E-state index contributed by atoms with van der Waals surface area (Å²) < 4.78 is 5.43. The van der Waals surface area contributed by atoms with Gasteiger partial charge >= 0.3 is 0 Å². The van der Waals surface area contributed by atoms with Crippen LogP contribution >= 0.6 is 0 Å². The Bertz CT molecular complexity index is 599. The van der Waals surface area contributed by atoms with Gasteiger partial charge in [0.2, 0.25) is 5.91 Å². The number of carbonyl (C=O) groups is 2. The van der Waals surface area contributed by atoms with Crippen molar-refractivity contribution in [2.24, 2.45) is 0 Å². The molecule has 130 valence electrons. The van der Waals surface area contributed by atoms with Crippen molar-refractivity contribution in [2.45, 2.75) is 58.0 Å². The van der Waals surface area contributed by atoms with Crippen LogP contribution in [0.3, 0.4) is 0 Å². The third kappa shape index (κ3) is 3.18. The highest BCUT2D eigenvalue weighted by molar-refractivity contribution is 6.21. The number of likely N-dealkylation sites (tertiary alicyclic amines) is 1. The first-order valence-corrected chi connectivity index (χ1v) is 9.11. The van der Waals surface area contributed by atoms with Gasteiger partial charge in [-0.1, -0.05) is 6.92 Å². The molecule has 2 saturated heterocycles. The molecule has 2 aliphatic rings. The lowest BCUT2D eigenvalue weighted by Gasteiger charge is -2.35. The molecule has 3 rings (SSSR count). The molecule has 0 radical (unpaired) electrons. The van der Waals surface area contributed by atoms with Gasteiger partial charge in [-0.3, -0.25) is 9.59 Å². The van der Waals surface area contributed by atoms with Crippen molar-refractivity contribution < 1.29 is 19.2 Å². The molecule has 0 aliphatic carbocycles. The fourth-order valence-electron chi connectivity index (χ4n) is 4.09. The lowest BCUT2D eigenvalue weighted by Crippen LogP contribution is -3.20. The number of quaternary nitrogens is 1. The fraction of sp³-hybridized carbons (Fsp3) is 0.579. The van der Waals surface area contributed by atoms with Gasteiger partial charge in [0.15, 0.2) is 6.04 Å². The zero-order valence-corrected chi connectivity index (χ0v) is 14.6. The number of hydrogen-bond donors (Lipinski definition) is 1. The van der Waals surface area contributed by atoms with Crippen molar-refractivity contribution in [3.05, 3.63) is 24.3 Å². The van der Waals surface area contributed by atoms with E-state index in [9.17, 15) is 9.59 Å². The van der Waals surface area contributed by atoms with Crippen LogP contribution in [0.2, 0.25) is 0 Å². The van der Waals surface area contributed by atoms with Crippen molar-refractivity contribution >= 4 is 17.5 Å². The molecular weight excluding hydrogens is 304 g/mol. The number of imide groups is 1. The van der Waals surface area contributed by atoms with Crippen molar-refractivity contribution in [2.75, 3.05) is 18.1 Å². The van der Waals surface area contributed by atoms with E-state index in [0.717, 1.165) is 31.6 Å². The van der Waals surface area contributed by atoms with Crippen LogP contribution < -0.4 is 14.5 Å². The number of carbonyl (C=O) groups excluding carboxylic acids is 2. The van der Waals surface area contributed by atoms with Gasteiger partial charge in [0.1, 0.15) is 5.75 Å². The van der Waals surface area contributed by atoms with Gasteiger partial charge in [0.05, 0.1) is 31.3 Å². The zero-order chi connectivity index (χ0) is 17.1. The van der Waals surface area contributed by atoms with E-state index in [1.54, 1.807) is 12.1 Å². The number of piperidine rings is 1. The molecule has 0 saturated carbocycles. The van der Waals surface area contributed by atoms with Crippen molar-refractivity contribution in [1.82, 2.24) is 0 Å². The molecule has 0 aromatic heterocycles. The highest BCUT2D eigenvalue weighted by Gasteiger charge is 2.47. The van der Waals surface area contributed by atoms with E-state index in [4.69, 9.17) is 4.74 Å². The molecule has 1 unspecified atom stereocenters. The number of rotatable bonds is 5. The Balaban J connectivity index is 1.78. The lowest BCUT2D eigenvalue weighted by atomic mass is 9.97. The maximum Gasteiger partial charge on any atom is 0.292 e. The minimum Gasteiger partial charge on any atom is -0.494 e. The minimum atomic E-state index is -0.214. The molecule has 1 N–H and O–H groups in total. The number of anilines is 1. The highest BCUT2D eigenvalue weighted by Crippen LogP contribution is 2.25. The van der Waals surface area contributed by atoms with E-state index in [-0.39, 0.29) is 17.9 Å². The predicted molar refractivity (Wildman–Crippen MR) is 92.3 cm³/mol. The highest BCUT2D eigenvalue weighted by atomic mass is 16.5. The molecule has 0 spiro atoms. The van der Waals surface area contributed by atoms with Crippen LogP contribution in [-0.4, -0.2) is 37.0 Å². The van der Waals surface area contributed by atoms with Crippen LogP contribution in [0, 0.1) is 0 Å². The van der Waals surface area contributed by atoms with E-state index in [1.165, 1.54) is 16.2 Å². The normalized spacial score (nSPS) is 27.6. The van der Waals surface area contributed by atoms with Gasteiger partial charge in [0, 0.05) is 0 Å². The average molecular weight is 331 g/mol. The second-order valence-electron chi connectivity index (χ2n) is 6.68. The summed E-state index contributed by atoms with van der Waals surface area (Å²) in [7, 11) is 0. The van der Waals surface area contributed by atoms with Crippen molar-refractivity contribution in [3.63, 3.8) is 0 Å². The number of benzene rings is 1. The summed E-state index contributed by atoms with van der Waals surface area (Å²) in [5.74, 6) is 0.631. The minimum absolute atomic E-state index is 0.0421. The Labute approximate surface area is 143 Å². The number of hydrogen-bond acceptors (Lipinski definition) is 3. The molecule has 5 heteroatoms. The van der Waals surface area contributed by atoms with Gasteiger partial charge in [-0.2, -0.15) is 0 Å². The van der Waals surface area contributed by atoms with Crippen LogP contribution in [-0.2, 0) is 9.59 Å². The Morgan fingerprint density at radius 2 is 1.92 bits per heavy atom. The van der Waals surface area contributed by atoms with Crippen molar-refractivity contribution in [1.29, 1.82) is 0 Å². The largest absolute Gasteiger partial charge is 0.494 e. The molecule has 5 nitrogen and oxygen atoms in total. The van der Waals surface area contributed by atoms with Crippen LogP contribution in [0.25, 0.3) is 0 Å². The smallest absolute Gasteiger partial charge is 0.292 e. The molecule has 1 aromatic carbocycles. The molecule has 2 aliphatic heterocycles. The lowest BCUT2D eigenvalue weighted by molar-refractivity contribution is -0.944. The quantitative estimate of drug-likeness (QED) is 0.833. The summed E-state index contributed by atoms with van der Waals surface area (Å²) in [5, 5.41) is 0. The molecule has 1 aromatic rings. The number of amides is 2. The Morgan fingerprint density at radius 3 is 2.58 bits per heavy atom. The molecule has 3 atom stereocenters. The first kappa shape index (κ1) is 17.0. The Morgan fingerprint density at radius 1 is 1.17 bits per heavy atom. The third-order valence-corrected chi connectivity index (χ3v) is 5.29. The first-order valence-electron chi connectivity index (χ1n) is 9.11. The predicted octanol–water partition coefficient (Wildman–Crippen LogP) is 1.56. The van der Waals surface area contributed by atoms with E-state index >= 15 is 0 Å². The Kier molecular flexibility index (Phi) is 5.19. The average Bonchev–Trinajstić information content (AvgIpc) is 2.90. The van der Waals surface area contributed by atoms with Gasteiger partial charge in [-0.25, -0.2) is 4.90 Å². The van der Waals surface area contributed by atoms with E-state index < -0.39 is 0 Å². The van der Waals surface area contributed by atoms with E-state index in [2.05, 4.69) is 6.92 Å². The molecule has 0 bridgehead atoms. The maximum absolute atomic E-state index is 12.9. The van der Waals surface area contributed by atoms with E-state index in [1.807, 2.05) is 19.1 Å². The molecule has 2 amide bonds. The summed E-state index contributed by atoms with van der Waals surface area (Å²) >= 11 is 0. The van der Waals surface area contributed by atoms with Gasteiger partial charge in [0.25, 0.3) is 5.91 Å².